The van der Waals surface area contributed by atoms with Gasteiger partial charge in [-0.3, -0.25) is 5.10 Å². The molecule has 7 heteroatoms. The first kappa shape index (κ1) is 13.0. The quantitative estimate of drug-likeness (QED) is 0.787. The summed E-state index contributed by atoms with van der Waals surface area (Å²) in [5.41, 5.74) is 6.43. The van der Waals surface area contributed by atoms with Crippen LogP contribution in [-0.2, 0) is 4.74 Å². The smallest absolute Gasteiger partial charge is 0.338 e. The minimum Gasteiger partial charge on any atom is -0.465 e. The zero-order valence-electron chi connectivity index (χ0n) is 9.01. The molecule has 17 heavy (non-hydrogen) atoms. The average molecular weight is 255 g/mol. The third kappa shape index (κ3) is 2.54. The molecule has 90 valence electrons. The highest BCUT2D eigenvalue weighted by molar-refractivity contribution is 5.96. The summed E-state index contributed by atoms with van der Waals surface area (Å²) in [7, 11) is 1.33. The number of ether oxygens (including phenoxy) is 1. The van der Waals surface area contributed by atoms with Crippen LogP contribution in [0.1, 0.15) is 10.4 Å². The van der Waals surface area contributed by atoms with Crippen LogP contribution in [0.4, 0.5) is 5.95 Å². The van der Waals surface area contributed by atoms with Gasteiger partial charge in [0.1, 0.15) is 0 Å². The van der Waals surface area contributed by atoms with Gasteiger partial charge in [-0.15, -0.1) is 17.5 Å². The highest BCUT2D eigenvalue weighted by Crippen LogP contribution is 2.20. The molecule has 2 aromatic rings. The van der Waals surface area contributed by atoms with Crippen LogP contribution in [0.2, 0.25) is 0 Å². The molecule has 6 nitrogen and oxygen atoms in total. The van der Waals surface area contributed by atoms with Crippen LogP contribution < -0.4 is 5.73 Å². The Bertz CT molecular complexity index is 527. The van der Waals surface area contributed by atoms with Crippen LogP contribution in [0.5, 0.6) is 0 Å². The number of aromatic nitrogens is 3. The number of nitrogens with two attached hydrogens (primary N) is 1. The van der Waals surface area contributed by atoms with Crippen LogP contribution in [0.25, 0.3) is 11.4 Å². The number of rotatable bonds is 2. The highest BCUT2D eigenvalue weighted by atomic mass is 35.5. The number of nitrogens with one attached hydrogen (secondary N) is 1. The van der Waals surface area contributed by atoms with E-state index in [-0.39, 0.29) is 18.4 Å². The molecule has 0 unspecified atom stereocenters. The number of carbonyl (C=O) groups is 1. The van der Waals surface area contributed by atoms with Gasteiger partial charge in [0.05, 0.1) is 12.7 Å². The zero-order chi connectivity index (χ0) is 11.5. The maximum atomic E-state index is 11.5. The normalized spacial score (nSPS) is 9.47. The molecular weight excluding hydrogens is 244 g/mol. The minimum atomic E-state index is -0.425. The number of benzene rings is 1. The Hall–Kier alpha value is -2.08. The molecule has 3 N–H and O–H groups in total. The minimum absolute atomic E-state index is 0. The fourth-order valence-corrected chi connectivity index (χ4v) is 1.37. The SMILES string of the molecule is COC(=O)c1ccccc1-c1nc(N)n[nH]1.Cl. The van der Waals surface area contributed by atoms with E-state index in [1.807, 2.05) is 0 Å². The van der Waals surface area contributed by atoms with E-state index in [0.29, 0.717) is 17.0 Å². The molecular formula is C10H11ClN4O2. The topological polar surface area (TPSA) is 93.9 Å². The number of nitrogens with zero attached hydrogens (tertiary/aromatic N) is 2. The van der Waals surface area contributed by atoms with Crippen molar-refractivity contribution in [3.63, 3.8) is 0 Å². The number of hydrogen-bond donors (Lipinski definition) is 2. The summed E-state index contributed by atoms with van der Waals surface area (Å²) in [6, 6.07) is 6.93. The Labute approximate surface area is 104 Å². The van der Waals surface area contributed by atoms with Gasteiger partial charge in [0, 0.05) is 5.56 Å². The van der Waals surface area contributed by atoms with Crippen LogP contribution >= 0.6 is 12.4 Å². The summed E-state index contributed by atoms with van der Waals surface area (Å²) in [5, 5.41) is 6.36. The van der Waals surface area contributed by atoms with E-state index < -0.39 is 5.97 Å². The molecule has 0 saturated heterocycles. The molecule has 1 heterocycles. The molecule has 0 spiro atoms. The van der Waals surface area contributed by atoms with Crippen molar-refractivity contribution in [1.82, 2.24) is 15.2 Å². The zero-order valence-corrected chi connectivity index (χ0v) is 9.82. The lowest BCUT2D eigenvalue weighted by molar-refractivity contribution is 0.0601. The van der Waals surface area contributed by atoms with Crippen LogP contribution in [-0.4, -0.2) is 28.3 Å². The number of carbonyl (C=O) groups excluding carboxylic acids is 1. The summed E-state index contributed by atoms with van der Waals surface area (Å²) < 4.78 is 4.67. The molecule has 0 bridgehead atoms. The Morgan fingerprint density at radius 1 is 1.41 bits per heavy atom. The van der Waals surface area contributed by atoms with Gasteiger partial charge in [0.2, 0.25) is 5.95 Å². The standard InChI is InChI=1S/C10H10N4O2.ClH/c1-16-9(15)7-5-3-2-4-6(7)8-12-10(11)14-13-8;/h2-5H,1H3,(H3,11,12,13,14);1H. The lowest BCUT2D eigenvalue weighted by Gasteiger charge is -2.03. The van der Waals surface area contributed by atoms with E-state index in [4.69, 9.17) is 5.73 Å². The number of H-pyrrole nitrogens is 1. The second-order valence-electron chi connectivity index (χ2n) is 3.08. The van der Waals surface area contributed by atoms with E-state index in [1.54, 1.807) is 24.3 Å². The molecule has 0 atom stereocenters. The summed E-state index contributed by atoms with van der Waals surface area (Å²) >= 11 is 0. The first-order chi connectivity index (χ1) is 7.72. The van der Waals surface area contributed by atoms with Crippen LogP contribution in [0.15, 0.2) is 24.3 Å². The number of methoxy groups -OCH3 is 1. The Morgan fingerprint density at radius 2 is 2.12 bits per heavy atom. The van der Waals surface area contributed by atoms with Gasteiger partial charge in [-0.2, -0.15) is 4.98 Å². The Balaban J connectivity index is 0.00000144. The van der Waals surface area contributed by atoms with Crippen molar-refractivity contribution in [2.24, 2.45) is 0 Å². The van der Waals surface area contributed by atoms with E-state index >= 15 is 0 Å². The number of hydrogen-bond acceptors (Lipinski definition) is 5. The molecule has 0 radical (unpaired) electrons. The van der Waals surface area contributed by atoms with E-state index in [9.17, 15) is 4.79 Å². The van der Waals surface area contributed by atoms with Crippen molar-refractivity contribution < 1.29 is 9.53 Å². The monoisotopic (exact) mass is 254 g/mol. The second kappa shape index (κ2) is 5.31. The van der Waals surface area contributed by atoms with Crippen molar-refractivity contribution in [2.45, 2.75) is 0 Å². The number of nitrogen functional groups attached to an aromatic ring is 1. The predicted molar refractivity (Wildman–Crippen MR) is 64.8 cm³/mol. The van der Waals surface area contributed by atoms with Gasteiger partial charge in [-0.25, -0.2) is 4.79 Å². The first-order valence-corrected chi connectivity index (χ1v) is 4.58. The van der Waals surface area contributed by atoms with Gasteiger partial charge in [0.15, 0.2) is 5.82 Å². The van der Waals surface area contributed by atoms with E-state index in [2.05, 4.69) is 19.9 Å². The highest BCUT2D eigenvalue weighted by Gasteiger charge is 2.14. The van der Waals surface area contributed by atoms with Crippen molar-refractivity contribution in [1.29, 1.82) is 0 Å². The average Bonchev–Trinajstić information content (AvgIpc) is 2.75. The van der Waals surface area contributed by atoms with Crippen LogP contribution in [0.3, 0.4) is 0 Å². The molecule has 1 aromatic heterocycles. The third-order valence-electron chi connectivity index (χ3n) is 2.09. The molecule has 2 rings (SSSR count). The van der Waals surface area contributed by atoms with Crippen LogP contribution in [0, 0.1) is 0 Å². The number of anilines is 1. The molecule has 0 fully saturated rings. The van der Waals surface area contributed by atoms with Gasteiger partial charge < -0.3 is 10.5 Å². The second-order valence-corrected chi connectivity index (χ2v) is 3.08. The molecule has 0 aliphatic carbocycles. The van der Waals surface area contributed by atoms with Crippen molar-refractivity contribution in [2.75, 3.05) is 12.8 Å². The maximum Gasteiger partial charge on any atom is 0.338 e. The summed E-state index contributed by atoms with van der Waals surface area (Å²) in [6.45, 7) is 0. The summed E-state index contributed by atoms with van der Waals surface area (Å²) in [4.78, 5) is 15.5. The number of halogens is 1. The third-order valence-corrected chi connectivity index (χ3v) is 2.09. The predicted octanol–water partition coefficient (Wildman–Crippen LogP) is 1.26. The molecule has 0 aliphatic heterocycles. The fraction of sp³-hybridized carbons (Fsp3) is 0.100. The van der Waals surface area contributed by atoms with E-state index in [0.717, 1.165) is 0 Å². The van der Waals surface area contributed by atoms with Gasteiger partial charge in [-0.1, -0.05) is 18.2 Å². The maximum absolute atomic E-state index is 11.5. The summed E-state index contributed by atoms with van der Waals surface area (Å²) in [5.74, 6) is 0.152. The molecule has 1 aromatic carbocycles. The lowest BCUT2D eigenvalue weighted by atomic mass is 10.1. The van der Waals surface area contributed by atoms with Crippen molar-refractivity contribution in [3.8, 4) is 11.4 Å². The Kier molecular flexibility index (Phi) is 4.06. The molecule has 0 amide bonds. The van der Waals surface area contributed by atoms with Gasteiger partial charge in [0.25, 0.3) is 0 Å². The van der Waals surface area contributed by atoms with Gasteiger partial charge >= 0.3 is 5.97 Å². The fourth-order valence-electron chi connectivity index (χ4n) is 1.37. The van der Waals surface area contributed by atoms with Crippen molar-refractivity contribution in [3.05, 3.63) is 29.8 Å². The first-order valence-electron chi connectivity index (χ1n) is 4.58. The lowest BCUT2D eigenvalue weighted by Crippen LogP contribution is -2.03. The largest absolute Gasteiger partial charge is 0.465 e. The van der Waals surface area contributed by atoms with Gasteiger partial charge in [-0.05, 0) is 6.07 Å². The molecule has 0 aliphatic rings. The number of aromatic amines is 1. The van der Waals surface area contributed by atoms with E-state index in [1.165, 1.54) is 7.11 Å². The Morgan fingerprint density at radius 3 is 2.71 bits per heavy atom. The number of esters is 1. The summed E-state index contributed by atoms with van der Waals surface area (Å²) in [6.07, 6.45) is 0. The van der Waals surface area contributed by atoms with Crippen molar-refractivity contribution >= 4 is 24.3 Å². The molecule has 0 saturated carbocycles.